The van der Waals surface area contributed by atoms with Crippen LogP contribution in [0.4, 0.5) is 5.82 Å². The number of H-pyrrole nitrogens is 1. The molecule has 2 aromatic rings. The van der Waals surface area contributed by atoms with Gasteiger partial charge in [0.05, 0.1) is 0 Å². The van der Waals surface area contributed by atoms with Crippen LogP contribution in [0, 0.1) is 0 Å². The monoisotopic (exact) mass is 159 g/mol. The minimum absolute atomic E-state index is 0.672. The maximum atomic E-state index is 9.99. The lowest BCUT2D eigenvalue weighted by atomic mass is 10.2. The highest BCUT2D eigenvalue weighted by Gasteiger charge is 1.96. The number of nitrogens with one attached hydrogen (secondary N) is 2. The number of para-hydroxylation sites is 1. The fraction of sp³-hybridized carbons (Fsp3) is 0. The quantitative estimate of drug-likeness (QED) is 0.643. The predicted molar refractivity (Wildman–Crippen MR) is 47.6 cm³/mol. The molecule has 1 heterocycles. The summed E-state index contributed by atoms with van der Waals surface area (Å²) in [5.41, 5.74) is 1.01. The Hall–Kier alpha value is -1.77. The van der Waals surface area contributed by atoms with Crippen molar-refractivity contribution in [3.63, 3.8) is 0 Å². The summed E-state index contributed by atoms with van der Waals surface area (Å²) >= 11 is 0. The van der Waals surface area contributed by atoms with Crippen LogP contribution in [0.1, 0.15) is 0 Å². The Labute approximate surface area is 69.4 Å². The van der Waals surface area contributed by atoms with Gasteiger partial charge in [0.2, 0.25) is 0 Å². The summed E-state index contributed by atoms with van der Waals surface area (Å²) < 4.78 is 0. The fourth-order valence-electron chi connectivity index (χ4n) is 1.20. The van der Waals surface area contributed by atoms with E-state index in [2.05, 4.69) is 10.3 Å². The summed E-state index contributed by atoms with van der Waals surface area (Å²) in [7, 11) is 0. The van der Waals surface area contributed by atoms with E-state index in [0.29, 0.717) is 5.82 Å². The number of hydrogen-bond acceptors (Lipinski definition) is 1. The van der Waals surface area contributed by atoms with Crippen LogP contribution in [0.3, 0.4) is 0 Å². The average Bonchev–Trinajstić information content (AvgIpc) is 2.47. The molecule has 1 aromatic carbocycles. The molecule has 1 aromatic heterocycles. The Balaban J connectivity index is 2.54. The molecule has 1 amide bonds. The zero-order chi connectivity index (χ0) is 8.39. The van der Waals surface area contributed by atoms with E-state index < -0.39 is 0 Å². The highest BCUT2D eigenvalue weighted by atomic mass is 16.1. The van der Waals surface area contributed by atoms with Crippen LogP contribution >= 0.6 is 0 Å². The van der Waals surface area contributed by atoms with E-state index in [4.69, 9.17) is 0 Å². The molecule has 0 aliphatic rings. The standard InChI is InChI=1S/C9H7N2O/c12-6-10-9-5-7-3-1-2-4-8(7)11-9/h1-5,11H,(H,10,12). The SMILES string of the molecule is O=[C]Nc1cc2ccccc2[nH]1. The first-order valence-corrected chi connectivity index (χ1v) is 3.61. The number of fused-ring (bicyclic) bond motifs is 1. The Morgan fingerprint density at radius 1 is 1.33 bits per heavy atom. The summed E-state index contributed by atoms with van der Waals surface area (Å²) in [6.45, 7) is 0. The van der Waals surface area contributed by atoms with Gasteiger partial charge in [-0.2, -0.15) is 0 Å². The van der Waals surface area contributed by atoms with Gasteiger partial charge in [-0.1, -0.05) is 18.2 Å². The number of anilines is 1. The second kappa shape index (κ2) is 2.70. The molecular formula is C9H7N2O. The van der Waals surface area contributed by atoms with E-state index in [1.807, 2.05) is 30.3 Å². The number of benzene rings is 1. The van der Waals surface area contributed by atoms with Gasteiger partial charge in [-0.3, -0.25) is 4.79 Å². The minimum atomic E-state index is 0.672. The molecule has 12 heavy (non-hydrogen) atoms. The lowest BCUT2D eigenvalue weighted by Crippen LogP contribution is -1.92. The smallest absolute Gasteiger partial charge is 0.315 e. The molecular weight excluding hydrogens is 152 g/mol. The fourth-order valence-corrected chi connectivity index (χ4v) is 1.20. The van der Waals surface area contributed by atoms with Crippen molar-refractivity contribution in [3.8, 4) is 0 Å². The molecule has 0 saturated heterocycles. The topological polar surface area (TPSA) is 44.9 Å². The lowest BCUT2D eigenvalue weighted by Gasteiger charge is -1.86. The van der Waals surface area contributed by atoms with Crippen LogP contribution < -0.4 is 5.32 Å². The number of carbonyl (C=O) groups excluding carboxylic acids is 1. The number of aromatic nitrogens is 1. The van der Waals surface area contributed by atoms with Crippen molar-refractivity contribution in [2.24, 2.45) is 0 Å². The number of hydrogen-bond donors (Lipinski definition) is 2. The number of aromatic amines is 1. The van der Waals surface area contributed by atoms with Gasteiger partial charge in [0, 0.05) is 10.9 Å². The third-order valence-electron chi connectivity index (χ3n) is 1.72. The van der Waals surface area contributed by atoms with E-state index in [0.717, 1.165) is 10.9 Å². The molecule has 2 N–H and O–H groups in total. The van der Waals surface area contributed by atoms with Gasteiger partial charge in [0.25, 0.3) is 0 Å². The average molecular weight is 159 g/mol. The summed E-state index contributed by atoms with van der Waals surface area (Å²) in [5, 5.41) is 3.51. The van der Waals surface area contributed by atoms with Crippen molar-refractivity contribution in [1.82, 2.24) is 4.98 Å². The molecule has 0 aliphatic heterocycles. The van der Waals surface area contributed by atoms with E-state index in [1.54, 1.807) is 6.41 Å². The van der Waals surface area contributed by atoms with Crippen LogP contribution in [-0.4, -0.2) is 11.4 Å². The molecule has 0 atom stereocenters. The Morgan fingerprint density at radius 2 is 2.17 bits per heavy atom. The molecule has 2 rings (SSSR count). The summed E-state index contributed by atoms with van der Waals surface area (Å²) in [6, 6.07) is 9.67. The largest absolute Gasteiger partial charge is 0.341 e. The van der Waals surface area contributed by atoms with Crippen LogP contribution in [0.25, 0.3) is 10.9 Å². The molecule has 1 radical (unpaired) electrons. The first-order valence-electron chi connectivity index (χ1n) is 3.61. The molecule has 0 unspecified atom stereocenters. The summed E-state index contributed by atoms with van der Waals surface area (Å²) in [5.74, 6) is 0.672. The Bertz CT molecular complexity index is 373. The van der Waals surface area contributed by atoms with Crippen molar-refractivity contribution in [2.45, 2.75) is 0 Å². The van der Waals surface area contributed by atoms with Gasteiger partial charge in [-0.05, 0) is 12.1 Å². The van der Waals surface area contributed by atoms with Gasteiger partial charge in [-0.15, -0.1) is 0 Å². The van der Waals surface area contributed by atoms with Gasteiger partial charge >= 0.3 is 6.41 Å². The Morgan fingerprint density at radius 3 is 2.92 bits per heavy atom. The van der Waals surface area contributed by atoms with Gasteiger partial charge < -0.3 is 10.3 Å². The van der Waals surface area contributed by atoms with Crippen LogP contribution in [0.15, 0.2) is 30.3 Å². The molecule has 0 aliphatic carbocycles. The summed E-state index contributed by atoms with van der Waals surface area (Å²) in [6.07, 6.45) is 1.61. The van der Waals surface area contributed by atoms with Crippen molar-refractivity contribution in [3.05, 3.63) is 30.3 Å². The number of rotatable bonds is 2. The number of amides is 1. The first kappa shape index (κ1) is 6.91. The van der Waals surface area contributed by atoms with Crippen molar-refractivity contribution in [2.75, 3.05) is 5.32 Å². The third-order valence-corrected chi connectivity index (χ3v) is 1.72. The van der Waals surface area contributed by atoms with Crippen molar-refractivity contribution < 1.29 is 4.79 Å². The van der Waals surface area contributed by atoms with Crippen LogP contribution in [0.2, 0.25) is 0 Å². The third kappa shape index (κ3) is 1.05. The second-order valence-electron chi connectivity index (χ2n) is 2.50. The van der Waals surface area contributed by atoms with Crippen LogP contribution in [0.5, 0.6) is 0 Å². The normalized spacial score (nSPS) is 10.0. The summed E-state index contributed by atoms with van der Waals surface area (Å²) in [4.78, 5) is 13.0. The van der Waals surface area contributed by atoms with Gasteiger partial charge in [0.1, 0.15) is 5.82 Å². The first-order chi connectivity index (χ1) is 5.90. The molecule has 3 nitrogen and oxygen atoms in total. The van der Waals surface area contributed by atoms with E-state index in [9.17, 15) is 4.79 Å². The zero-order valence-electron chi connectivity index (χ0n) is 6.29. The molecule has 0 saturated carbocycles. The highest BCUT2D eigenvalue weighted by molar-refractivity contribution is 5.86. The predicted octanol–water partition coefficient (Wildman–Crippen LogP) is 1.65. The Kier molecular flexibility index (Phi) is 1.55. The molecule has 0 fully saturated rings. The minimum Gasteiger partial charge on any atom is -0.341 e. The zero-order valence-corrected chi connectivity index (χ0v) is 6.29. The maximum absolute atomic E-state index is 9.99. The van der Waals surface area contributed by atoms with E-state index in [1.165, 1.54) is 0 Å². The molecule has 3 heteroatoms. The van der Waals surface area contributed by atoms with Gasteiger partial charge in [-0.25, -0.2) is 0 Å². The van der Waals surface area contributed by atoms with E-state index in [-0.39, 0.29) is 0 Å². The van der Waals surface area contributed by atoms with Gasteiger partial charge in [0.15, 0.2) is 0 Å². The molecule has 0 bridgehead atoms. The van der Waals surface area contributed by atoms with Crippen LogP contribution in [-0.2, 0) is 4.79 Å². The molecule has 59 valence electrons. The lowest BCUT2D eigenvalue weighted by molar-refractivity contribution is 0.561. The van der Waals surface area contributed by atoms with Crippen molar-refractivity contribution >= 4 is 23.1 Å². The van der Waals surface area contributed by atoms with Crippen molar-refractivity contribution in [1.29, 1.82) is 0 Å². The molecule has 0 spiro atoms. The maximum Gasteiger partial charge on any atom is 0.315 e. The second-order valence-corrected chi connectivity index (χ2v) is 2.50. The van der Waals surface area contributed by atoms with E-state index >= 15 is 0 Å². The highest BCUT2D eigenvalue weighted by Crippen LogP contribution is 2.16.